The molecule has 1 saturated heterocycles. The van der Waals surface area contributed by atoms with Crippen LogP contribution >= 0.6 is 11.6 Å². The summed E-state index contributed by atoms with van der Waals surface area (Å²) in [5, 5.41) is 3.77. The van der Waals surface area contributed by atoms with E-state index < -0.39 is 5.91 Å². The molecule has 0 saturated carbocycles. The molecule has 1 aromatic carbocycles. The van der Waals surface area contributed by atoms with Crippen LogP contribution in [0.25, 0.3) is 0 Å². The van der Waals surface area contributed by atoms with Crippen LogP contribution in [0.5, 0.6) is 0 Å². The van der Waals surface area contributed by atoms with Crippen LogP contribution < -0.4 is 16.0 Å². The Morgan fingerprint density at radius 1 is 1.35 bits per heavy atom. The summed E-state index contributed by atoms with van der Waals surface area (Å²) in [4.78, 5) is 13.3. The highest BCUT2D eigenvalue weighted by molar-refractivity contribution is 6.34. The third kappa shape index (κ3) is 2.90. The summed E-state index contributed by atoms with van der Waals surface area (Å²) in [6.07, 6.45) is 1.11. The minimum absolute atomic E-state index is 0.378. The second-order valence-corrected chi connectivity index (χ2v) is 4.53. The molecule has 17 heavy (non-hydrogen) atoms. The van der Waals surface area contributed by atoms with Crippen molar-refractivity contribution < 1.29 is 4.79 Å². The Morgan fingerprint density at radius 2 is 2.18 bits per heavy atom. The van der Waals surface area contributed by atoms with E-state index in [4.69, 9.17) is 17.3 Å². The van der Waals surface area contributed by atoms with Gasteiger partial charge in [-0.05, 0) is 31.2 Å². The fourth-order valence-electron chi connectivity index (χ4n) is 2.00. The Bertz CT molecular complexity index is 414. The smallest absolute Gasteiger partial charge is 0.250 e. The molecule has 0 aliphatic carbocycles. The van der Waals surface area contributed by atoms with Gasteiger partial charge in [-0.3, -0.25) is 4.79 Å². The molecule has 1 amide bonds. The number of nitrogens with one attached hydrogen (secondary N) is 1. The third-order valence-corrected chi connectivity index (χ3v) is 3.24. The number of hydrogen-bond donors (Lipinski definition) is 2. The van der Waals surface area contributed by atoms with Gasteiger partial charge in [0, 0.05) is 25.3 Å². The predicted molar refractivity (Wildman–Crippen MR) is 69.7 cm³/mol. The van der Waals surface area contributed by atoms with E-state index in [1.165, 1.54) is 0 Å². The molecule has 0 aromatic heterocycles. The molecule has 4 nitrogen and oxygen atoms in total. The fraction of sp³-hybridized carbons (Fsp3) is 0.417. The second kappa shape index (κ2) is 5.38. The van der Waals surface area contributed by atoms with Crippen molar-refractivity contribution in [2.75, 3.05) is 31.1 Å². The first-order valence-electron chi connectivity index (χ1n) is 5.73. The van der Waals surface area contributed by atoms with Gasteiger partial charge >= 0.3 is 0 Å². The van der Waals surface area contributed by atoms with Gasteiger partial charge < -0.3 is 16.0 Å². The number of nitrogens with two attached hydrogens (primary N) is 1. The minimum atomic E-state index is -0.487. The summed E-state index contributed by atoms with van der Waals surface area (Å²) in [7, 11) is 0. The highest BCUT2D eigenvalue weighted by Crippen LogP contribution is 2.23. The van der Waals surface area contributed by atoms with E-state index in [1.54, 1.807) is 6.07 Å². The molecule has 0 radical (unpaired) electrons. The first kappa shape index (κ1) is 12.2. The fourth-order valence-corrected chi connectivity index (χ4v) is 2.27. The molecular formula is C12H16ClN3O. The van der Waals surface area contributed by atoms with E-state index in [0.717, 1.165) is 38.3 Å². The average molecular weight is 254 g/mol. The van der Waals surface area contributed by atoms with Crippen molar-refractivity contribution in [1.82, 2.24) is 5.32 Å². The molecule has 1 heterocycles. The number of primary amides is 1. The van der Waals surface area contributed by atoms with Crippen LogP contribution in [0, 0.1) is 0 Å². The summed E-state index contributed by atoms with van der Waals surface area (Å²) >= 11 is 6.04. The highest BCUT2D eigenvalue weighted by atomic mass is 35.5. The average Bonchev–Trinajstić information content (AvgIpc) is 2.56. The maximum atomic E-state index is 11.1. The normalized spacial score (nSPS) is 16.6. The minimum Gasteiger partial charge on any atom is -0.370 e. The van der Waals surface area contributed by atoms with Gasteiger partial charge in [-0.25, -0.2) is 0 Å². The molecule has 1 aromatic rings. The summed E-state index contributed by atoms with van der Waals surface area (Å²) in [6, 6.07) is 5.41. The summed E-state index contributed by atoms with van der Waals surface area (Å²) in [6.45, 7) is 3.96. The zero-order valence-electron chi connectivity index (χ0n) is 9.58. The van der Waals surface area contributed by atoms with Gasteiger partial charge in [0.05, 0.1) is 10.6 Å². The molecule has 0 atom stereocenters. The van der Waals surface area contributed by atoms with Crippen LogP contribution in [-0.4, -0.2) is 32.1 Å². The Balaban J connectivity index is 2.21. The summed E-state index contributed by atoms with van der Waals surface area (Å²) in [5.74, 6) is -0.487. The predicted octanol–water partition coefficient (Wildman–Crippen LogP) is 1.24. The summed E-state index contributed by atoms with van der Waals surface area (Å²) in [5.41, 5.74) is 6.64. The van der Waals surface area contributed by atoms with Crippen LogP contribution in [-0.2, 0) is 0 Å². The molecule has 2 rings (SSSR count). The van der Waals surface area contributed by atoms with Crippen molar-refractivity contribution in [2.24, 2.45) is 5.73 Å². The van der Waals surface area contributed by atoms with Gasteiger partial charge in [0.1, 0.15) is 0 Å². The first-order valence-corrected chi connectivity index (χ1v) is 6.11. The quantitative estimate of drug-likeness (QED) is 0.834. The Hall–Kier alpha value is -1.26. The number of rotatable bonds is 2. The van der Waals surface area contributed by atoms with Gasteiger partial charge in [0.15, 0.2) is 0 Å². The zero-order valence-corrected chi connectivity index (χ0v) is 10.3. The monoisotopic (exact) mass is 253 g/mol. The lowest BCUT2D eigenvalue weighted by molar-refractivity contribution is 0.100. The third-order valence-electron chi connectivity index (χ3n) is 2.92. The molecule has 1 fully saturated rings. The van der Waals surface area contributed by atoms with Crippen molar-refractivity contribution in [3.63, 3.8) is 0 Å². The van der Waals surface area contributed by atoms with Crippen LogP contribution in [0.3, 0.4) is 0 Å². The lowest BCUT2D eigenvalue weighted by Gasteiger charge is -2.22. The SMILES string of the molecule is NC(=O)c1ccc(N2CCCNCC2)cc1Cl. The Morgan fingerprint density at radius 3 is 2.88 bits per heavy atom. The van der Waals surface area contributed by atoms with Crippen LogP contribution in [0.2, 0.25) is 5.02 Å². The van der Waals surface area contributed by atoms with E-state index in [0.29, 0.717) is 10.6 Å². The van der Waals surface area contributed by atoms with Gasteiger partial charge in [-0.2, -0.15) is 0 Å². The zero-order chi connectivity index (χ0) is 12.3. The molecule has 1 aliphatic heterocycles. The van der Waals surface area contributed by atoms with Gasteiger partial charge in [0.2, 0.25) is 5.91 Å². The lowest BCUT2D eigenvalue weighted by Crippen LogP contribution is -2.27. The number of hydrogen-bond acceptors (Lipinski definition) is 3. The molecule has 0 spiro atoms. The van der Waals surface area contributed by atoms with Gasteiger partial charge in [0.25, 0.3) is 0 Å². The van der Waals surface area contributed by atoms with Crippen LogP contribution in [0.4, 0.5) is 5.69 Å². The van der Waals surface area contributed by atoms with Crippen molar-refractivity contribution in [3.8, 4) is 0 Å². The van der Waals surface area contributed by atoms with Gasteiger partial charge in [-0.1, -0.05) is 11.6 Å². The van der Waals surface area contributed by atoms with Gasteiger partial charge in [-0.15, -0.1) is 0 Å². The number of benzene rings is 1. The largest absolute Gasteiger partial charge is 0.370 e. The maximum Gasteiger partial charge on any atom is 0.250 e. The van der Waals surface area contributed by atoms with Crippen molar-refractivity contribution in [3.05, 3.63) is 28.8 Å². The number of anilines is 1. The van der Waals surface area contributed by atoms with E-state index in [1.807, 2.05) is 12.1 Å². The molecule has 3 N–H and O–H groups in total. The topological polar surface area (TPSA) is 58.4 Å². The molecule has 0 unspecified atom stereocenters. The number of carbonyl (C=O) groups excluding carboxylic acids is 1. The van der Waals surface area contributed by atoms with Crippen LogP contribution in [0.1, 0.15) is 16.8 Å². The number of carbonyl (C=O) groups is 1. The van der Waals surface area contributed by atoms with Crippen molar-refractivity contribution in [2.45, 2.75) is 6.42 Å². The van der Waals surface area contributed by atoms with E-state index in [-0.39, 0.29) is 0 Å². The highest BCUT2D eigenvalue weighted by Gasteiger charge is 2.12. The Kier molecular flexibility index (Phi) is 3.86. The first-order chi connectivity index (χ1) is 8.18. The number of amides is 1. The van der Waals surface area contributed by atoms with Crippen molar-refractivity contribution >= 4 is 23.2 Å². The lowest BCUT2D eigenvalue weighted by atomic mass is 10.2. The molecule has 92 valence electrons. The van der Waals surface area contributed by atoms with E-state index >= 15 is 0 Å². The maximum absolute atomic E-state index is 11.1. The molecule has 5 heteroatoms. The number of halogens is 1. The second-order valence-electron chi connectivity index (χ2n) is 4.12. The van der Waals surface area contributed by atoms with E-state index in [2.05, 4.69) is 10.2 Å². The van der Waals surface area contributed by atoms with E-state index in [9.17, 15) is 4.79 Å². The number of nitrogens with zero attached hydrogens (tertiary/aromatic N) is 1. The molecular weight excluding hydrogens is 238 g/mol. The summed E-state index contributed by atoms with van der Waals surface area (Å²) < 4.78 is 0. The molecule has 1 aliphatic rings. The van der Waals surface area contributed by atoms with Crippen molar-refractivity contribution in [1.29, 1.82) is 0 Å². The Labute approximate surface area is 106 Å². The molecule has 0 bridgehead atoms. The standard InChI is InChI=1S/C12H16ClN3O/c13-11-8-9(2-3-10(11)12(14)17)16-6-1-4-15-5-7-16/h2-3,8,15H,1,4-7H2,(H2,14,17). The van der Waals surface area contributed by atoms with Crippen LogP contribution in [0.15, 0.2) is 18.2 Å².